The number of hydrogen-bond donors (Lipinski definition) is 3. The largest absolute Gasteiger partial charge is 0.358 e. The summed E-state index contributed by atoms with van der Waals surface area (Å²) in [5, 5.41) is 21.0. The van der Waals surface area contributed by atoms with Gasteiger partial charge in [0.05, 0.1) is 0 Å². The Morgan fingerprint density at radius 1 is 1.25 bits per heavy atom. The number of benzene rings is 2. The molecule has 0 saturated heterocycles. The standard InChI is InChI=1S/C21H17IN6/c1-13-18(16-7-2-3-8-19(16)25-13)12-24-20-17(11-23)21(28-27-20)26-15-6-4-5-14(9-15)10-22/h2-9,12,25H,10H2,1H3,(H2,26,27,28). The number of nitrogens with one attached hydrogen (secondary N) is 3. The molecule has 0 amide bonds. The number of nitriles is 1. The maximum Gasteiger partial charge on any atom is 0.193 e. The number of rotatable bonds is 5. The number of para-hydroxylation sites is 1. The van der Waals surface area contributed by atoms with Crippen LogP contribution in [0.25, 0.3) is 10.9 Å². The quantitative estimate of drug-likeness (QED) is 0.200. The number of nitrogens with zero attached hydrogens (tertiary/aromatic N) is 3. The smallest absolute Gasteiger partial charge is 0.193 e. The van der Waals surface area contributed by atoms with Crippen LogP contribution in [0.2, 0.25) is 0 Å². The second-order valence-electron chi connectivity index (χ2n) is 6.34. The van der Waals surface area contributed by atoms with Gasteiger partial charge in [0.25, 0.3) is 0 Å². The molecule has 7 heteroatoms. The van der Waals surface area contributed by atoms with E-state index in [1.54, 1.807) is 6.21 Å². The lowest BCUT2D eigenvalue weighted by atomic mass is 10.1. The zero-order chi connectivity index (χ0) is 19.5. The number of aromatic nitrogens is 3. The van der Waals surface area contributed by atoms with E-state index < -0.39 is 0 Å². The van der Waals surface area contributed by atoms with Crippen molar-refractivity contribution in [2.75, 3.05) is 5.32 Å². The summed E-state index contributed by atoms with van der Waals surface area (Å²) in [6.07, 6.45) is 1.76. The first kappa shape index (κ1) is 18.3. The number of hydrogen-bond acceptors (Lipinski definition) is 4. The van der Waals surface area contributed by atoms with Crippen LogP contribution in [0.4, 0.5) is 17.3 Å². The molecule has 0 saturated carbocycles. The first-order valence-corrected chi connectivity index (χ1v) is 10.2. The van der Waals surface area contributed by atoms with E-state index in [1.807, 2.05) is 49.4 Å². The summed E-state index contributed by atoms with van der Waals surface area (Å²) in [4.78, 5) is 7.82. The fourth-order valence-electron chi connectivity index (χ4n) is 3.09. The fourth-order valence-corrected chi connectivity index (χ4v) is 3.56. The Bertz CT molecular complexity index is 1210. The van der Waals surface area contributed by atoms with Gasteiger partial charge in [0, 0.05) is 38.5 Å². The predicted molar refractivity (Wildman–Crippen MR) is 121 cm³/mol. The molecule has 2 heterocycles. The Balaban J connectivity index is 1.65. The van der Waals surface area contributed by atoms with Gasteiger partial charge in [-0.1, -0.05) is 52.9 Å². The molecule has 0 spiro atoms. The monoisotopic (exact) mass is 480 g/mol. The molecule has 0 fully saturated rings. The van der Waals surface area contributed by atoms with Crippen molar-refractivity contribution in [3.63, 3.8) is 0 Å². The number of alkyl halides is 1. The second kappa shape index (κ2) is 7.86. The summed E-state index contributed by atoms with van der Waals surface area (Å²) in [5.41, 5.74) is 5.56. The van der Waals surface area contributed by atoms with Crippen molar-refractivity contribution in [3.8, 4) is 6.07 Å². The minimum Gasteiger partial charge on any atom is -0.358 e. The maximum atomic E-state index is 9.62. The van der Waals surface area contributed by atoms with Crippen molar-refractivity contribution in [2.45, 2.75) is 11.4 Å². The number of anilines is 2. The molecule has 2 aromatic heterocycles. The summed E-state index contributed by atoms with van der Waals surface area (Å²) in [6.45, 7) is 2.00. The summed E-state index contributed by atoms with van der Waals surface area (Å²) in [5.74, 6) is 0.899. The van der Waals surface area contributed by atoms with Gasteiger partial charge >= 0.3 is 0 Å². The summed E-state index contributed by atoms with van der Waals surface area (Å²) in [6, 6.07) is 18.3. The lowest BCUT2D eigenvalue weighted by molar-refractivity contribution is 1.09. The molecule has 6 nitrogen and oxygen atoms in total. The van der Waals surface area contributed by atoms with Crippen molar-refractivity contribution in [1.82, 2.24) is 15.2 Å². The van der Waals surface area contributed by atoms with Crippen molar-refractivity contribution < 1.29 is 0 Å². The van der Waals surface area contributed by atoms with E-state index in [-0.39, 0.29) is 0 Å². The van der Waals surface area contributed by atoms with Gasteiger partial charge in [-0.05, 0) is 30.7 Å². The van der Waals surface area contributed by atoms with E-state index in [4.69, 9.17) is 0 Å². The molecule has 0 unspecified atom stereocenters. The molecule has 4 aromatic rings. The summed E-state index contributed by atoms with van der Waals surface area (Å²) < 4.78 is 0.918. The zero-order valence-corrected chi connectivity index (χ0v) is 17.3. The lowest BCUT2D eigenvalue weighted by Gasteiger charge is -2.05. The van der Waals surface area contributed by atoms with Gasteiger partial charge in [-0.3, -0.25) is 5.10 Å². The van der Waals surface area contributed by atoms with Gasteiger partial charge in [-0.25, -0.2) is 4.99 Å². The third-order valence-corrected chi connectivity index (χ3v) is 5.35. The molecule has 0 bridgehead atoms. The summed E-state index contributed by atoms with van der Waals surface area (Å²) >= 11 is 2.32. The first-order chi connectivity index (χ1) is 13.7. The molecule has 3 N–H and O–H groups in total. The first-order valence-electron chi connectivity index (χ1n) is 8.71. The Labute approximate surface area is 175 Å². The van der Waals surface area contributed by atoms with E-state index in [2.05, 4.69) is 60.2 Å². The van der Waals surface area contributed by atoms with Crippen LogP contribution >= 0.6 is 22.6 Å². The Morgan fingerprint density at radius 2 is 2.11 bits per heavy atom. The van der Waals surface area contributed by atoms with Crippen LogP contribution < -0.4 is 5.32 Å². The van der Waals surface area contributed by atoms with Crippen LogP contribution in [0.3, 0.4) is 0 Å². The van der Waals surface area contributed by atoms with E-state index in [1.165, 1.54) is 5.56 Å². The third-order valence-electron chi connectivity index (χ3n) is 4.47. The molecule has 28 heavy (non-hydrogen) atoms. The van der Waals surface area contributed by atoms with Crippen LogP contribution in [0.1, 0.15) is 22.4 Å². The van der Waals surface area contributed by atoms with Crippen LogP contribution in [0, 0.1) is 18.3 Å². The number of aromatic amines is 2. The highest BCUT2D eigenvalue weighted by molar-refractivity contribution is 14.1. The third kappa shape index (κ3) is 3.51. The molecule has 0 atom stereocenters. The van der Waals surface area contributed by atoms with Crippen molar-refractivity contribution >= 4 is 57.0 Å². The van der Waals surface area contributed by atoms with Gasteiger partial charge < -0.3 is 10.3 Å². The maximum absolute atomic E-state index is 9.62. The second-order valence-corrected chi connectivity index (χ2v) is 7.10. The Morgan fingerprint density at radius 3 is 2.93 bits per heavy atom. The Hall–Kier alpha value is -3.12. The average Bonchev–Trinajstić information content (AvgIpc) is 3.25. The zero-order valence-electron chi connectivity index (χ0n) is 15.1. The summed E-state index contributed by atoms with van der Waals surface area (Å²) in [7, 11) is 0. The van der Waals surface area contributed by atoms with Crippen molar-refractivity contribution in [2.24, 2.45) is 4.99 Å². The molecule has 4 rings (SSSR count). The minimum absolute atomic E-state index is 0.361. The topological polar surface area (TPSA) is 92.7 Å². The van der Waals surface area contributed by atoms with Gasteiger partial charge in [-0.15, -0.1) is 0 Å². The Kier molecular flexibility index (Phi) is 5.12. The molecule has 138 valence electrons. The SMILES string of the molecule is Cc1[nH]c2ccccc2c1C=Nc1n[nH]c(Nc2cccc(CI)c2)c1C#N. The number of fused-ring (bicyclic) bond motifs is 1. The average molecular weight is 480 g/mol. The minimum atomic E-state index is 0.361. The number of aliphatic imine (C=N–C) groups is 1. The van der Waals surface area contributed by atoms with Crippen LogP contribution in [-0.2, 0) is 4.43 Å². The van der Waals surface area contributed by atoms with Gasteiger partial charge in [0.1, 0.15) is 17.5 Å². The number of aryl methyl sites for hydroxylation is 1. The van der Waals surface area contributed by atoms with Gasteiger partial charge in [0.15, 0.2) is 5.82 Å². The van der Waals surface area contributed by atoms with Crippen LogP contribution in [-0.4, -0.2) is 21.4 Å². The molecular weight excluding hydrogens is 463 g/mol. The molecule has 0 aliphatic rings. The van der Waals surface area contributed by atoms with Crippen LogP contribution in [0.15, 0.2) is 53.5 Å². The van der Waals surface area contributed by atoms with Crippen molar-refractivity contribution in [3.05, 3.63) is 70.9 Å². The van der Waals surface area contributed by atoms with Gasteiger partial charge in [0.2, 0.25) is 0 Å². The highest BCUT2D eigenvalue weighted by Gasteiger charge is 2.13. The molecule has 0 radical (unpaired) electrons. The number of H-pyrrole nitrogens is 2. The molecular formula is C21H17IN6. The van der Waals surface area contributed by atoms with Gasteiger partial charge in [-0.2, -0.15) is 10.4 Å². The van der Waals surface area contributed by atoms with E-state index in [9.17, 15) is 5.26 Å². The highest BCUT2D eigenvalue weighted by Crippen LogP contribution is 2.27. The fraction of sp³-hybridized carbons (Fsp3) is 0.0952. The molecule has 0 aliphatic carbocycles. The van der Waals surface area contributed by atoms with E-state index >= 15 is 0 Å². The van der Waals surface area contributed by atoms with Crippen molar-refractivity contribution in [1.29, 1.82) is 5.26 Å². The molecule has 0 aliphatic heterocycles. The van der Waals surface area contributed by atoms with Crippen LogP contribution in [0.5, 0.6) is 0 Å². The molecule has 2 aromatic carbocycles. The lowest BCUT2D eigenvalue weighted by Crippen LogP contribution is -1.93. The van der Waals surface area contributed by atoms with E-state index in [0.717, 1.165) is 32.3 Å². The van der Waals surface area contributed by atoms with E-state index in [0.29, 0.717) is 17.2 Å². The number of halogens is 1. The highest BCUT2D eigenvalue weighted by atomic mass is 127. The predicted octanol–water partition coefficient (Wildman–Crippen LogP) is 5.50. The normalized spacial score (nSPS) is 11.2.